The minimum atomic E-state index is -0.458. The van der Waals surface area contributed by atoms with Crippen molar-refractivity contribution >= 4 is 11.3 Å². The zero-order chi connectivity index (χ0) is 11.7. The maximum Gasteiger partial charge on any atom is 0.389 e. The lowest BCUT2D eigenvalue weighted by molar-refractivity contribution is -0.387. The van der Waals surface area contributed by atoms with E-state index in [0.717, 1.165) is 12.1 Å². The monoisotopic (exact) mass is 220 g/mol. The summed E-state index contributed by atoms with van der Waals surface area (Å²) in [5.41, 5.74) is 1.59. The first-order valence-electron chi connectivity index (χ1n) is 4.90. The Morgan fingerprint density at radius 1 is 1.56 bits per heavy atom. The molecule has 0 spiro atoms. The second kappa shape index (κ2) is 3.90. The van der Waals surface area contributed by atoms with Crippen LogP contribution in [0.3, 0.4) is 0 Å². The van der Waals surface area contributed by atoms with Crippen molar-refractivity contribution in [3.63, 3.8) is 0 Å². The van der Waals surface area contributed by atoms with Crippen LogP contribution >= 0.6 is 0 Å². The molecule has 0 bridgehead atoms. The molecule has 2 rings (SSSR count). The van der Waals surface area contributed by atoms with Gasteiger partial charge in [0.1, 0.15) is 5.52 Å². The first-order chi connectivity index (χ1) is 7.63. The lowest BCUT2D eigenvalue weighted by atomic mass is 10.2. The van der Waals surface area contributed by atoms with E-state index in [2.05, 4.69) is 10.3 Å². The number of nitrogens with zero attached hydrogens (tertiary/aromatic N) is 3. The van der Waals surface area contributed by atoms with E-state index in [-0.39, 0.29) is 5.82 Å². The Bertz CT molecular complexity index is 547. The summed E-state index contributed by atoms with van der Waals surface area (Å²) in [5, 5.41) is 13.8. The summed E-state index contributed by atoms with van der Waals surface area (Å²) in [5.74, 6) is 0.535. The molecule has 2 aromatic heterocycles. The molecule has 6 heteroatoms. The number of hydrogen-bond acceptors (Lipinski definition) is 4. The van der Waals surface area contributed by atoms with Crippen LogP contribution in [-0.2, 0) is 6.54 Å². The Morgan fingerprint density at radius 3 is 2.94 bits per heavy atom. The molecule has 0 atom stereocenters. The van der Waals surface area contributed by atoms with Crippen molar-refractivity contribution in [1.29, 1.82) is 0 Å². The van der Waals surface area contributed by atoms with E-state index >= 15 is 0 Å². The number of aromatic nitrogens is 2. The van der Waals surface area contributed by atoms with Gasteiger partial charge in [-0.3, -0.25) is 4.40 Å². The number of aryl methyl sites for hydroxylation is 1. The topological polar surface area (TPSA) is 72.5 Å². The fourth-order valence-electron chi connectivity index (χ4n) is 1.70. The second-order valence-electron chi connectivity index (χ2n) is 3.56. The van der Waals surface area contributed by atoms with Crippen molar-refractivity contribution in [2.24, 2.45) is 0 Å². The minimum absolute atomic E-state index is 0.0893. The Labute approximate surface area is 92.1 Å². The smallest absolute Gasteiger partial charge is 0.358 e. The van der Waals surface area contributed by atoms with E-state index in [9.17, 15) is 10.1 Å². The molecule has 0 saturated heterocycles. The average molecular weight is 220 g/mol. The van der Waals surface area contributed by atoms with E-state index in [1.807, 2.05) is 19.3 Å². The van der Waals surface area contributed by atoms with Crippen molar-refractivity contribution in [2.75, 3.05) is 7.05 Å². The second-order valence-corrected chi connectivity index (χ2v) is 3.56. The van der Waals surface area contributed by atoms with Gasteiger partial charge >= 0.3 is 5.82 Å². The molecule has 84 valence electrons. The maximum atomic E-state index is 10.8. The van der Waals surface area contributed by atoms with Gasteiger partial charge in [-0.15, -0.1) is 0 Å². The van der Waals surface area contributed by atoms with Crippen LogP contribution in [0.4, 0.5) is 5.82 Å². The average Bonchev–Trinajstić information content (AvgIpc) is 2.57. The first-order valence-corrected chi connectivity index (χ1v) is 4.90. The third-order valence-corrected chi connectivity index (χ3v) is 2.41. The van der Waals surface area contributed by atoms with Gasteiger partial charge < -0.3 is 15.4 Å². The fraction of sp³-hybridized carbons (Fsp3) is 0.300. The number of nitro groups is 1. The molecule has 2 heterocycles. The Kier molecular flexibility index (Phi) is 2.57. The summed E-state index contributed by atoms with van der Waals surface area (Å²) in [6.45, 7) is 2.48. The largest absolute Gasteiger partial charge is 0.389 e. The van der Waals surface area contributed by atoms with Gasteiger partial charge in [-0.2, -0.15) is 0 Å². The summed E-state index contributed by atoms with van der Waals surface area (Å²) in [7, 11) is 1.85. The zero-order valence-electron chi connectivity index (χ0n) is 9.10. The van der Waals surface area contributed by atoms with Crippen LogP contribution in [0.2, 0.25) is 0 Å². The lowest BCUT2D eigenvalue weighted by Gasteiger charge is -2.01. The molecule has 1 N–H and O–H groups in total. The number of rotatable bonds is 3. The van der Waals surface area contributed by atoms with E-state index in [0.29, 0.717) is 11.3 Å². The lowest BCUT2D eigenvalue weighted by Crippen LogP contribution is -2.06. The van der Waals surface area contributed by atoms with Gasteiger partial charge in [-0.1, -0.05) is 6.07 Å². The van der Waals surface area contributed by atoms with Crippen LogP contribution in [0.25, 0.3) is 5.52 Å². The van der Waals surface area contributed by atoms with E-state index in [1.165, 1.54) is 0 Å². The van der Waals surface area contributed by atoms with Crippen LogP contribution in [0.15, 0.2) is 18.3 Å². The number of fused-ring (bicyclic) bond motifs is 1. The minimum Gasteiger partial charge on any atom is -0.358 e. The molecule has 0 radical (unpaired) electrons. The molecule has 6 nitrogen and oxygen atoms in total. The molecule has 2 aromatic rings. The zero-order valence-corrected chi connectivity index (χ0v) is 9.10. The van der Waals surface area contributed by atoms with Gasteiger partial charge in [0, 0.05) is 19.7 Å². The highest BCUT2D eigenvalue weighted by Crippen LogP contribution is 2.20. The Balaban J connectivity index is 2.62. The summed E-state index contributed by atoms with van der Waals surface area (Å²) < 4.78 is 1.74. The Hall–Kier alpha value is -1.95. The van der Waals surface area contributed by atoms with Gasteiger partial charge in [0.2, 0.25) is 5.82 Å². The van der Waals surface area contributed by atoms with Crippen LogP contribution in [0.1, 0.15) is 11.4 Å². The van der Waals surface area contributed by atoms with Crippen LogP contribution in [0, 0.1) is 17.0 Å². The number of imidazole rings is 1. The Morgan fingerprint density at radius 2 is 2.31 bits per heavy atom. The van der Waals surface area contributed by atoms with Crippen molar-refractivity contribution in [3.05, 3.63) is 39.8 Å². The van der Waals surface area contributed by atoms with Gasteiger partial charge in [0.25, 0.3) is 0 Å². The molecule has 0 aliphatic rings. The predicted molar refractivity (Wildman–Crippen MR) is 59.3 cm³/mol. The maximum absolute atomic E-state index is 10.8. The van der Waals surface area contributed by atoms with Gasteiger partial charge in [0.05, 0.1) is 0 Å². The van der Waals surface area contributed by atoms with Gasteiger partial charge in [-0.25, -0.2) is 0 Å². The summed E-state index contributed by atoms with van der Waals surface area (Å²) >= 11 is 0. The number of pyridine rings is 1. The summed E-state index contributed by atoms with van der Waals surface area (Å²) in [4.78, 5) is 14.2. The summed E-state index contributed by atoms with van der Waals surface area (Å²) in [6, 6.07) is 3.59. The highest BCUT2D eigenvalue weighted by atomic mass is 16.6. The van der Waals surface area contributed by atoms with E-state index in [4.69, 9.17) is 0 Å². The summed E-state index contributed by atoms with van der Waals surface area (Å²) in [6.07, 6.45) is 1.86. The van der Waals surface area contributed by atoms with Gasteiger partial charge in [-0.05, 0) is 28.6 Å². The quantitative estimate of drug-likeness (QED) is 0.624. The molecule has 0 fully saturated rings. The molecule has 0 saturated carbocycles. The van der Waals surface area contributed by atoms with E-state index < -0.39 is 4.92 Å². The van der Waals surface area contributed by atoms with E-state index in [1.54, 1.807) is 17.4 Å². The highest BCUT2D eigenvalue weighted by Gasteiger charge is 2.18. The molecule has 0 aliphatic heterocycles. The molecular formula is C10H12N4O2. The third kappa shape index (κ3) is 1.63. The number of hydrogen-bond donors (Lipinski definition) is 1. The normalized spacial score (nSPS) is 10.9. The molecule has 0 aliphatic carbocycles. The van der Waals surface area contributed by atoms with Crippen LogP contribution in [-0.4, -0.2) is 21.4 Å². The van der Waals surface area contributed by atoms with Crippen molar-refractivity contribution in [3.8, 4) is 0 Å². The fourth-order valence-corrected chi connectivity index (χ4v) is 1.70. The third-order valence-electron chi connectivity index (χ3n) is 2.41. The van der Waals surface area contributed by atoms with Crippen molar-refractivity contribution in [2.45, 2.75) is 13.5 Å². The molecule has 0 aromatic carbocycles. The van der Waals surface area contributed by atoms with Crippen molar-refractivity contribution < 1.29 is 4.92 Å². The van der Waals surface area contributed by atoms with Crippen LogP contribution in [0.5, 0.6) is 0 Å². The predicted octanol–water partition coefficient (Wildman–Crippen LogP) is 1.27. The van der Waals surface area contributed by atoms with Gasteiger partial charge in [0.15, 0.2) is 0 Å². The SMILES string of the molecule is CNCc1ccc2c([N+](=O)[O-])nc(C)n2c1. The highest BCUT2D eigenvalue weighted by molar-refractivity contribution is 5.62. The molecular weight excluding hydrogens is 208 g/mol. The van der Waals surface area contributed by atoms with Crippen LogP contribution < -0.4 is 5.32 Å². The standard InChI is InChI=1S/C10H12N4O2/c1-7-12-10(14(15)16)9-4-3-8(5-11-2)6-13(7)9/h3-4,6,11H,5H2,1-2H3. The van der Waals surface area contributed by atoms with Crippen molar-refractivity contribution in [1.82, 2.24) is 14.7 Å². The number of nitrogens with one attached hydrogen (secondary N) is 1. The molecule has 0 amide bonds. The molecule has 16 heavy (non-hydrogen) atoms. The molecule has 0 unspecified atom stereocenters. The first kappa shape index (κ1) is 10.6.